The minimum absolute atomic E-state index is 0.0608. The molecule has 0 aromatic carbocycles. The van der Waals surface area contributed by atoms with Crippen LogP contribution in [0.3, 0.4) is 0 Å². The van der Waals surface area contributed by atoms with Crippen LogP contribution in [0.1, 0.15) is 40.0 Å². The van der Waals surface area contributed by atoms with Crippen molar-refractivity contribution < 1.29 is 10.2 Å². The van der Waals surface area contributed by atoms with Crippen LogP contribution in [0.5, 0.6) is 0 Å². The fourth-order valence-electron chi connectivity index (χ4n) is 1.84. The van der Waals surface area contributed by atoms with Gasteiger partial charge in [-0.3, -0.25) is 0 Å². The maximum Gasteiger partial charge on any atom is 0.0914 e. The predicted molar refractivity (Wildman–Crippen MR) is 53.5 cm³/mol. The van der Waals surface area contributed by atoms with Crippen molar-refractivity contribution in [3.8, 4) is 0 Å². The quantitative estimate of drug-likeness (QED) is 0.692. The molecule has 76 valence electrons. The van der Waals surface area contributed by atoms with Gasteiger partial charge in [0.15, 0.2) is 0 Å². The highest BCUT2D eigenvalue weighted by atomic mass is 16.3. The van der Waals surface area contributed by atoms with Crippen LogP contribution in [0, 0.1) is 11.3 Å². The molecule has 0 saturated carbocycles. The van der Waals surface area contributed by atoms with Crippen molar-refractivity contribution in [2.45, 2.75) is 40.0 Å². The minimum Gasteiger partial charge on any atom is -0.512 e. The zero-order valence-corrected chi connectivity index (χ0v) is 8.80. The van der Waals surface area contributed by atoms with Gasteiger partial charge in [0.2, 0.25) is 0 Å². The highest BCUT2D eigenvalue weighted by Crippen LogP contribution is 2.39. The number of allylic oxidation sites excluding steroid dienone is 2. The van der Waals surface area contributed by atoms with E-state index in [1.165, 1.54) is 0 Å². The number of hydrogen-bond donors (Lipinski definition) is 2. The zero-order chi connectivity index (χ0) is 10.1. The molecule has 0 amide bonds. The Balaban J connectivity index is 2.68. The molecule has 1 rings (SSSR count). The van der Waals surface area contributed by atoms with Crippen molar-refractivity contribution in [3.05, 3.63) is 11.3 Å². The summed E-state index contributed by atoms with van der Waals surface area (Å²) in [7, 11) is 0. The highest BCUT2D eigenvalue weighted by molar-refractivity contribution is 5.10. The smallest absolute Gasteiger partial charge is 0.0914 e. The molecule has 0 heterocycles. The third-order valence-corrected chi connectivity index (χ3v) is 3.31. The summed E-state index contributed by atoms with van der Waals surface area (Å²) in [4.78, 5) is 0. The molecule has 0 spiro atoms. The van der Waals surface area contributed by atoms with Crippen molar-refractivity contribution >= 4 is 0 Å². The van der Waals surface area contributed by atoms with Gasteiger partial charge in [-0.1, -0.05) is 13.8 Å². The number of hydrogen-bond acceptors (Lipinski definition) is 2. The maximum atomic E-state index is 9.60. The van der Waals surface area contributed by atoms with E-state index in [2.05, 4.69) is 13.8 Å². The fraction of sp³-hybridized carbons (Fsp3) is 0.818. The number of aliphatic hydroxyl groups is 2. The summed E-state index contributed by atoms with van der Waals surface area (Å²) in [5.74, 6) is 0.957. The molecule has 0 fully saturated rings. The van der Waals surface area contributed by atoms with E-state index in [0.717, 1.165) is 24.8 Å². The van der Waals surface area contributed by atoms with Crippen LogP contribution in [0.15, 0.2) is 11.3 Å². The van der Waals surface area contributed by atoms with Crippen molar-refractivity contribution in [1.82, 2.24) is 0 Å². The first-order valence-electron chi connectivity index (χ1n) is 4.96. The molecule has 0 aromatic rings. The molecule has 2 N–H and O–H groups in total. The molecular weight excluding hydrogens is 164 g/mol. The zero-order valence-electron chi connectivity index (χ0n) is 8.80. The van der Waals surface area contributed by atoms with Crippen LogP contribution in [0.25, 0.3) is 0 Å². The molecule has 1 unspecified atom stereocenters. The van der Waals surface area contributed by atoms with Crippen molar-refractivity contribution in [2.75, 3.05) is 6.61 Å². The van der Waals surface area contributed by atoms with E-state index in [1.807, 2.05) is 6.92 Å². The third-order valence-electron chi connectivity index (χ3n) is 3.31. The van der Waals surface area contributed by atoms with Crippen molar-refractivity contribution in [3.63, 3.8) is 0 Å². The molecule has 2 heteroatoms. The Morgan fingerprint density at radius 1 is 1.46 bits per heavy atom. The van der Waals surface area contributed by atoms with Gasteiger partial charge in [0.25, 0.3) is 0 Å². The van der Waals surface area contributed by atoms with Gasteiger partial charge in [-0.25, -0.2) is 0 Å². The van der Waals surface area contributed by atoms with Gasteiger partial charge in [-0.15, -0.1) is 0 Å². The van der Waals surface area contributed by atoms with Gasteiger partial charge in [0.05, 0.1) is 5.76 Å². The monoisotopic (exact) mass is 184 g/mol. The van der Waals surface area contributed by atoms with Crippen LogP contribution in [-0.4, -0.2) is 16.8 Å². The first-order chi connectivity index (χ1) is 5.97. The van der Waals surface area contributed by atoms with Crippen LogP contribution in [-0.2, 0) is 0 Å². The molecule has 0 aromatic heterocycles. The Labute approximate surface area is 80.3 Å². The third kappa shape index (κ3) is 2.25. The van der Waals surface area contributed by atoms with E-state index in [9.17, 15) is 10.2 Å². The van der Waals surface area contributed by atoms with E-state index in [4.69, 9.17) is 0 Å². The van der Waals surface area contributed by atoms with Crippen LogP contribution in [0.2, 0.25) is 0 Å². The van der Waals surface area contributed by atoms with Crippen molar-refractivity contribution in [2.24, 2.45) is 11.3 Å². The van der Waals surface area contributed by atoms with Gasteiger partial charge in [-0.2, -0.15) is 0 Å². The Kier molecular flexibility index (Phi) is 3.01. The molecule has 1 atom stereocenters. The molecule has 0 aliphatic heterocycles. The summed E-state index contributed by atoms with van der Waals surface area (Å²) >= 11 is 0. The molecule has 2 nitrogen and oxygen atoms in total. The van der Waals surface area contributed by atoms with E-state index in [0.29, 0.717) is 11.7 Å². The first-order valence-corrected chi connectivity index (χ1v) is 4.96. The fourth-order valence-corrected chi connectivity index (χ4v) is 1.84. The molecule has 0 saturated heterocycles. The number of aliphatic hydroxyl groups excluding tert-OH is 2. The van der Waals surface area contributed by atoms with E-state index in [1.54, 1.807) is 0 Å². The lowest BCUT2D eigenvalue weighted by Crippen LogP contribution is -2.30. The van der Waals surface area contributed by atoms with Gasteiger partial charge in [0, 0.05) is 13.0 Å². The maximum absolute atomic E-state index is 9.60. The Morgan fingerprint density at radius 2 is 2.08 bits per heavy atom. The molecule has 13 heavy (non-hydrogen) atoms. The Hall–Kier alpha value is -0.500. The lowest BCUT2D eigenvalue weighted by atomic mass is 9.72. The molecule has 1 aliphatic rings. The second kappa shape index (κ2) is 3.70. The van der Waals surface area contributed by atoms with Gasteiger partial charge >= 0.3 is 0 Å². The number of rotatable bonds is 2. The summed E-state index contributed by atoms with van der Waals surface area (Å²) in [5.41, 5.74) is 1.05. The second-order valence-corrected chi connectivity index (χ2v) is 4.81. The van der Waals surface area contributed by atoms with Crippen LogP contribution < -0.4 is 0 Å². The molecule has 0 radical (unpaired) electrons. The van der Waals surface area contributed by atoms with Gasteiger partial charge < -0.3 is 10.2 Å². The van der Waals surface area contributed by atoms with Crippen LogP contribution in [0.4, 0.5) is 0 Å². The average Bonchev–Trinajstić information content (AvgIpc) is 2.09. The van der Waals surface area contributed by atoms with Crippen LogP contribution >= 0.6 is 0 Å². The average molecular weight is 184 g/mol. The predicted octanol–water partition coefficient (Wildman–Crippen LogP) is 2.64. The normalized spacial score (nSPS) is 25.1. The standard InChI is InChI=1S/C11H20O2/c1-8-4-5-9(6-10(8)13)11(2,3)7-12/h9,12-13H,4-7H2,1-3H3. The van der Waals surface area contributed by atoms with Gasteiger partial charge in [0.1, 0.15) is 0 Å². The second-order valence-electron chi connectivity index (χ2n) is 4.81. The highest BCUT2D eigenvalue weighted by Gasteiger charge is 2.31. The molecular formula is C11H20O2. The largest absolute Gasteiger partial charge is 0.512 e. The summed E-state index contributed by atoms with van der Waals surface area (Å²) in [5, 5.41) is 18.8. The Morgan fingerprint density at radius 3 is 2.54 bits per heavy atom. The topological polar surface area (TPSA) is 40.5 Å². The lowest BCUT2D eigenvalue weighted by molar-refractivity contribution is 0.0790. The van der Waals surface area contributed by atoms with Gasteiger partial charge in [-0.05, 0) is 36.7 Å². The summed E-state index contributed by atoms with van der Waals surface area (Å²) < 4.78 is 0. The van der Waals surface area contributed by atoms with E-state index in [-0.39, 0.29) is 12.0 Å². The summed E-state index contributed by atoms with van der Waals surface area (Å²) in [6.07, 6.45) is 2.79. The molecule has 1 aliphatic carbocycles. The van der Waals surface area contributed by atoms with Crippen molar-refractivity contribution in [1.29, 1.82) is 0 Å². The summed E-state index contributed by atoms with van der Waals surface area (Å²) in [6.45, 7) is 6.30. The SMILES string of the molecule is CC1=C(O)CC(C(C)(C)CO)CC1. The summed E-state index contributed by atoms with van der Waals surface area (Å²) in [6, 6.07) is 0. The van der Waals surface area contributed by atoms with E-state index < -0.39 is 0 Å². The first kappa shape index (κ1) is 10.6. The minimum atomic E-state index is -0.0608. The Bertz CT molecular complexity index is 216. The molecule has 0 bridgehead atoms. The van der Waals surface area contributed by atoms with E-state index >= 15 is 0 Å². The lowest BCUT2D eigenvalue weighted by Gasteiger charge is -2.35.